The fourth-order valence-corrected chi connectivity index (χ4v) is 8.28. The maximum absolute atomic E-state index is 14.3. The number of nitrogens with one attached hydrogen (secondary N) is 8. The third-order valence-electron chi connectivity index (χ3n) is 12.7. The van der Waals surface area contributed by atoms with Crippen LogP contribution < -0.4 is 54.0 Å². The van der Waals surface area contributed by atoms with Crippen molar-refractivity contribution in [3.05, 3.63) is 65.7 Å². The average Bonchev–Trinajstić information content (AvgIpc) is 3.37. The SMILES string of the molecule is CC[C@H](C)[C@H](NC(=O)[C@H](CC(C)C)NC(=O)[C@H](CC(C)C)NC(=O)[C@H](CCC(=O)O)NC(=O)[C@H](Cc1ccc(O)cc1)NC(=O)[C@@H](N)Cc1ccccc1)C(=O)N[C@@H](CCCCN)C(=O)NCC(=O)N[C@@H](CC(C)C)C(=O)O. The number of benzene rings is 2. The highest BCUT2D eigenvalue weighted by Crippen LogP contribution is 2.16. The largest absolute Gasteiger partial charge is 0.508 e. The van der Waals surface area contributed by atoms with Crippen LogP contribution in [0.4, 0.5) is 0 Å². The van der Waals surface area contributed by atoms with Crippen LogP contribution in [0.25, 0.3) is 0 Å². The van der Waals surface area contributed by atoms with Crippen LogP contribution in [0.1, 0.15) is 124 Å². The number of carboxylic acids is 2. The summed E-state index contributed by atoms with van der Waals surface area (Å²) >= 11 is 0. The number of rotatable bonds is 36. The van der Waals surface area contributed by atoms with Gasteiger partial charge in [-0.3, -0.25) is 43.2 Å². The zero-order valence-corrected chi connectivity index (χ0v) is 46.4. The topological polar surface area (TPSA) is 380 Å². The van der Waals surface area contributed by atoms with Crippen molar-refractivity contribution in [2.24, 2.45) is 35.1 Å². The van der Waals surface area contributed by atoms with Crippen molar-refractivity contribution in [1.29, 1.82) is 0 Å². The second kappa shape index (κ2) is 34.6. The molecule has 0 aliphatic carbocycles. The lowest BCUT2D eigenvalue weighted by molar-refractivity contribution is -0.142. The lowest BCUT2D eigenvalue weighted by Crippen LogP contribution is -2.61. The molecule has 0 aliphatic heterocycles. The van der Waals surface area contributed by atoms with E-state index in [1.807, 2.05) is 0 Å². The first-order valence-electron chi connectivity index (χ1n) is 26.9. The Morgan fingerprint density at radius 3 is 1.51 bits per heavy atom. The molecule has 0 aromatic heterocycles. The van der Waals surface area contributed by atoms with Crippen molar-refractivity contribution in [3.63, 3.8) is 0 Å². The number of aromatic hydroxyl groups is 1. The molecule has 8 amide bonds. The second-order valence-electron chi connectivity index (χ2n) is 21.1. The van der Waals surface area contributed by atoms with Gasteiger partial charge in [0.15, 0.2) is 0 Å². The molecule has 0 fully saturated rings. The van der Waals surface area contributed by atoms with Gasteiger partial charge in [0, 0.05) is 12.8 Å². The van der Waals surface area contributed by atoms with E-state index in [1.165, 1.54) is 24.3 Å². The van der Waals surface area contributed by atoms with Gasteiger partial charge in [-0.25, -0.2) is 4.79 Å². The van der Waals surface area contributed by atoms with Gasteiger partial charge in [0.1, 0.15) is 48.0 Å². The van der Waals surface area contributed by atoms with Crippen molar-refractivity contribution in [2.45, 2.75) is 174 Å². The molecule has 2 aromatic carbocycles. The van der Waals surface area contributed by atoms with Gasteiger partial charge in [0.05, 0.1) is 12.6 Å². The predicted octanol–water partition coefficient (Wildman–Crippen LogP) is 1.28. The van der Waals surface area contributed by atoms with Gasteiger partial charge >= 0.3 is 11.9 Å². The molecular formula is C55H86N10O13. The summed E-state index contributed by atoms with van der Waals surface area (Å²) in [6.45, 7) is 14.0. The van der Waals surface area contributed by atoms with E-state index in [2.05, 4.69) is 42.5 Å². The number of hydrogen-bond acceptors (Lipinski definition) is 13. The van der Waals surface area contributed by atoms with Crippen LogP contribution in [-0.4, -0.2) is 136 Å². The molecule has 0 aliphatic rings. The van der Waals surface area contributed by atoms with Crippen LogP contribution in [-0.2, 0) is 60.8 Å². The van der Waals surface area contributed by atoms with Gasteiger partial charge in [0.2, 0.25) is 47.3 Å². The molecule has 0 heterocycles. The molecule has 15 N–H and O–H groups in total. The van der Waals surface area contributed by atoms with Gasteiger partial charge in [-0.1, -0.05) is 104 Å². The van der Waals surface area contributed by atoms with E-state index in [4.69, 9.17) is 11.5 Å². The molecule has 0 unspecified atom stereocenters. The fourth-order valence-electron chi connectivity index (χ4n) is 8.28. The summed E-state index contributed by atoms with van der Waals surface area (Å²) in [6.07, 6.45) is 0.667. The second-order valence-corrected chi connectivity index (χ2v) is 21.1. The standard InChI is InChI=1S/C55H86N10O13/c1-9-34(8)47(54(76)61-39(17-13-14-24-56)49(71)58-30-45(67)59-44(55(77)78)27-33(6)7)65-53(75)42(26-32(4)5)64-51(73)41(25-31(2)3)63-50(72)40(22-23-46(68)69)60-52(74)43(29-36-18-20-37(66)21-19-36)62-48(70)38(57)28-35-15-11-10-12-16-35/h10-12,15-16,18-21,31-34,38-44,47,66H,9,13-14,17,22-30,56-57H2,1-8H3,(H,58,71)(H,59,67)(H,60,74)(H,61,76)(H,62,70)(H,63,72)(H,64,73)(H,65,75)(H,68,69)(H,77,78)/t34-,38-,39-,40-,41-,42-,43-,44-,47-/m0/s1. The Morgan fingerprint density at radius 1 is 0.513 bits per heavy atom. The third-order valence-corrected chi connectivity index (χ3v) is 12.7. The molecule has 2 aromatic rings. The number of amides is 8. The normalized spacial score (nSPS) is 14.7. The summed E-state index contributed by atoms with van der Waals surface area (Å²) in [5.41, 5.74) is 13.2. The van der Waals surface area contributed by atoms with E-state index in [1.54, 1.807) is 85.7 Å². The summed E-state index contributed by atoms with van der Waals surface area (Å²) < 4.78 is 0. The number of nitrogens with two attached hydrogens (primary N) is 2. The minimum Gasteiger partial charge on any atom is -0.508 e. The molecule has 0 saturated heterocycles. The Morgan fingerprint density at radius 2 is 0.987 bits per heavy atom. The number of carbonyl (C=O) groups excluding carboxylic acids is 8. The highest BCUT2D eigenvalue weighted by atomic mass is 16.4. The maximum atomic E-state index is 14.3. The van der Waals surface area contributed by atoms with E-state index >= 15 is 0 Å². The van der Waals surface area contributed by atoms with Crippen LogP contribution in [0.5, 0.6) is 5.75 Å². The zero-order valence-electron chi connectivity index (χ0n) is 46.4. The molecule has 0 radical (unpaired) electrons. The monoisotopic (exact) mass is 1090 g/mol. The first-order chi connectivity index (χ1) is 36.7. The number of aliphatic carboxylic acids is 2. The van der Waals surface area contributed by atoms with E-state index in [0.29, 0.717) is 31.4 Å². The van der Waals surface area contributed by atoms with E-state index in [9.17, 15) is 63.3 Å². The molecule has 78 heavy (non-hydrogen) atoms. The lowest BCUT2D eigenvalue weighted by Gasteiger charge is -2.30. The highest BCUT2D eigenvalue weighted by molar-refractivity contribution is 5.98. The third kappa shape index (κ3) is 25.3. The number of phenols is 1. The number of carbonyl (C=O) groups is 10. The molecule has 434 valence electrons. The molecule has 9 atom stereocenters. The van der Waals surface area contributed by atoms with Gasteiger partial charge in [0.25, 0.3) is 0 Å². The Kier molecular flexibility index (Phi) is 29.7. The number of hydrogen-bond donors (Lipinski definition) is 13. The van der Waals surface area contributed by atoms with Crippen LogP contribution in [0.15, 0.2) is 54.6 Å². The lowest BCUT2D eigenvalue weighted by atomic mass is 9.95. The molecule has 0 saturated carbocycles. The number of carboxylic acid groups (broad SMARTS) is 2. The summed E-state index contributed by atoms with van der Waals surface area (Å²) in [6, 6.07) is 4.62. The molecule has 0 spiro atoms. The summed E-state index contributed by atoms with van der Waals surface area (Å²) in [4.78, 5) is 134. The fraction of sp³-hybridized carbons (Fsp3) is 0.600. The van der Waals surface area contributed by atoms with Gasteiger partial charge in [-0.05, 0) is 105 Å². The predicted molar refractivity (Wildman–Crippen MR) is 292 cm³/mol. The molecule has 23 nitrogen and oxygen atoms in total. The minimum atomic E-state index is -1.55. The van der Waals surface area contributed by atoms with Crippen LogP contribution in [0, 0.1) is 23.7 Å². The van der Waals surface area contributed by atoms with Crippen LogP contribution in [0.3, 0.4) is 0 Å². The van der Waals surface area contributed by atoms with Crippen LogP contribution >= 0.6 is 0 Å². The van der Waals surface area contributed by atoms with Crippen molar-refractivity contribution >= 4 is 59.2 Å². The van der Waals surface area contributed by atoms with Crippen LogP contribution in [0.2, 0.25) is 0 Å². The Hall–Kier alpha value is -7.14. The molecular weight excluding hydrogens is 1010 g/mol. The summed E-state index contributed by atoms with van der Waals surface area (Å²) in [5, 5.41) is 50.0. The highest BCUT2D eigenvalue weighted by Gasteiger charge is 2.36. The van der Waals surface area contributed by atoms with Gasteiger partial charge in [-0.2, -0.15) is 0 Å². The first-order valence-corrected chi connectivity index (χ1v) is 26.9. The Labute approximate surface area is 457 Å². The average molecular weight is 1100 g/mol. The van der Waals surface area contributed by atoms with Crippen molar-refractivity contribution < 1.29 is 63.3 Å². The minimum absolute atomic E-state index is 0.0251. The molecule has 0 bridgehead atoms. The Balaban J connectivity index is 2.39. The quantitative estimate of drug-likeness (QED) is 0.0428. The number of unbranched alkanes of at least 4 members (excludes halogenated alkanes) is 1. The number of phenolic OH excluding ortho intramolecular Hbond substituents is 1. The van der Waals surface area contributed by atoms with Gasteiger partial charge < -0.3 is 69.3 Å². The smallest absolute Gasteiger partial charge is 0.326 e. The summed E-state index contributed by atoms with van der Waals surface area (Å²) in [7, 11) is 0. The molecule has 2 rings (SSSR count). The van der Waals surface area contributed by atoms with Crippen molar-refractivity contribution in [1.82, 2.24) is 42.5 Å². The Bertz CT molecular complexity index is 2280. The van der Waals surface area contributed by atoms with E-state index < -0.39 is 133 Å². The molecule has 23 heteroatoms. The van der Waals surface area contributed by atoms with E-state index in [-0.39, 0.29) is 62.0 Å². The van der Waals surface area contributed by atoms with Crippen molar-refractivity contribution in [2.75, 3.05) is 13.1 Å². The van der Waals surface area contributed by atoms with Crippen molar-refractivity contribution in [3.8, 4) is 5.75 Å². The summed E-state index contributed by atoms with van der Waals surface area (Å²) in [5.74, 6) is -9.79. The van der Waals surface area contributed by atoms with Gasteiger partial charge in [-0.15, -0.1) is 0 Å². The zero-order chi connectivity index (χ0) is 58.6. The first kappa shape index (κ1) is 67.0. The maximum Gasteiger partial charge on any atom is 0.326 e. The van der Waals surface area contributed by atoms with E-state index in [0.717, 1.165) is 5.56 Å².